The van der Waals surface area contributed by atoms with Gasteiger partial charge in [0.15, 0.2) is 9.84 Å². The Morgan fingerprint density at radius 1 is 0.879 bits per heavy atom. The fourth-order valence-corrected chi connectivity index (χ4v) is 6.12. The zero-order chi connectivity index (χ0) is 24.0. The molecule has 0 aliphatic carbocycles. The number of halogens is 4. The van der Waals surface area contributed by atoms with E-state index in [1.165, 1.54) is 0 Å². The molecule has 4 rings (SSSR count). The molecule has 33 heavy (non-hydrogen) atoms. The average molecular weight is 510 g/mol. The highest BCUT2D eigenvalue weighted by Crippen LogP contribution is 2.46. The molecule has 3 aromatic carbocycles. The van der Waals surface area contributed by atoms with E-state index < -0.39 is 26.2 Å². The molecule has 0 spiro atoms. The third kappa shape index (κ3) is 4.67. The average Bonchev–Trinajstić information content (AvgIpc) is 2.70. The fourth-order valence-electron chi connectivity index (χ4n) is 4.57. The zero-order valence-corrected chi connectivity index (χ0v) is 20.4. The maximum Gasteiger partial charge on any atom is 0.157 e. The Morgan fingerprint density at radius 3 is 1.70 bits per heavy atom. The van der Waals surface area contributed by atoms with Crippen molar-refractivity contribution in [1.82, 2.24) is 4.90 Å². The number of rotatable bonds is 6. The first kappa shape index (κ1) is 24.1. The van der Waals surface area contributed by atoms with Crippen LogP contribution in [0.1, 0.15) is 29.7 Å². The molecule has 1 aliphatic rings. The molecule has 1 fully saturated rings. The smallest absolute Gasteiger partial charge is 0.157 e. The Morgan fingerprint density at radius 2 is 1.30 bits per heavy atom. The van der Waals surface area contributed by atoms with Crippen LogP contribution < -0.4 is 0 Å². The van der Waals surface area contributed by atoms with E-state index in [9.17, 15) is 17.2 Å². The van der Waals surface area contributed by atoms with Gasteiger partial charge in [-0.3, -0.25) is 4.90 Å². The van der Waals surface area contributed by atoms with Gasteiger partial charge in [0.05, 0.1) is 10.8 Å². The maximum absolute atomic E-state index is 14.0. The van der Waals surface area contributed by atoms with E-state index in [4.69, 9.17) is 23.2 Å². The summed E-state index contributed by atoms with van der Waals surface area (Å²) in [5.74, 6) is -1.94. The van der Waals surface area contributed by atoms with E-state index in [0.29, 0.717) is 23.1 Å². The number of hydrogen-bond acceptors (Lipinski definition) is 3. The van der Waals surface area contributed by atoms with Gasteiger partial charge < -0.3 is 0 Å². The number of nitrogens with zero attached hydrogens (tertiary/aromatic N) is 1. The molecule has 1 unspecified atom stereocenters. The van der Waals surface area contributed by atoms with Crippen molar-refractivity contribution in [2.24, 2.45) is 5.92 Å². The maximum atomic E-state index is 14.0. The van der Waals surface area contributed by atoms with Crippen LogP contribution in [0.4, 0.5) is 8.78 Å². The van der Waals surface area contributed by atoms with Crippen molar-refractivity contribution in [2.45, 2.75) is 17.7 Å². The van der Waals surface area contributed by atoms with E-state index >= 15 is 0 Å². The van der Waals surface area contributed by atoms with Gasteiger partial charge in [-0.1, -0.05) is 47.5 Å². The van der Waals surface area contributed by atoms with Crippen LogP contribution in [-0.4, -0.2) is 32.7 Å². The van der Waals surface area contributed by atoms with Crippen LogP contribution in [-0.2, 0) is 14.6 Å². The summed E-state index contributed by atoms with van der Waals surface area (Å²) in [6.45, 7) is 2.41. The predicted octanol–water partition coefficient (Wildman–Crippen LogP) is 6.25. The van der Waals surface area contributed by atoms with Gasteiger partial charge in [-0.2, -0.15) is 0 Å². The topological polar surface area (TPSA) is 37.4 Å². The summed E-state index contributed by atoms with van der Waals surface area (Å²) < 4.78 is 52.3. The Hall–Kier alpha value is -1.99. The molecule has 1 heterocycles. The van der Waals surface area contributed by atoms with Crippen molar-refractivity contribution in [1.29, 1.82) is 0 Å². The van der Waals surface area contributed by atoms with E-state index in [0.717, 1.165) is 35.6 Å². The summed E-state index contributed by atoms with van der Waals surface area (Å²) in [4.78, 5) is 2.15. The van der Waals surface area contributed by atoms with Gasteiger partial charge in [0.2, 0.25) is 0 Å². The molecule has 1 saturated heterocycles. The molecule has 1 aliphatic heterocycles. The number of likely N-dealkylation sites (tertiary alicyclic amines) is 1. The Bertz CT molecular complexity index is 1190. The van der Waals surface area contributed by atoms with Crippen LogP contribution >= 0.6 is 23.2 Å². The van der Waals surface area contributed by atoms with Crippen molar-refractivity contribution >= 4 is 33.0 Å². The van der Waals surface area contributed by atoms with Crippen LogP contribution in [0.5, 0.6) is 0 Å². The number of benzene rings is 3. The summed E-state index contributed by atoms with van der Waals surface area (Å²) >= 11 is 12.2. The monoisotopic (exact) mass is 509 g/mol. The van der Waals surface area contributed by atoms with Gasteiger partial charge in [-0.05, 0) is 60.0 Å². The lowest BCUT2D eigenvalue weighted by Crippen LogP contribution is -2.58. The SMILES string of the molecule is CC(c1cc(F)cc(F)c1)(C1CN(C(c2ccc(Cl)cc2)c2ccc(Cl)cc2)C1)S(C)(=O)=O. The Labute approximate surface area is 202 Å². The molecule has 0 amide bonds. The second kappa shape index (κ2) is 8.99. The van der Waals surface area contributed by atoms with Gasteiger partial charge in [0, 0.05) is 41.4 Å². The third-order valence-electron chi connectivity index (χ3n) is 6.63. The molecular formula is C25H23Cl2F2NO2S. The van der Waals surface area contributed by atoms with Crippen LogP contribution in [0.3, 0.4) is 0 Å². The highest BCUT2D eigenvalue weighted by Gasteiger charge is 2.51. The lowest BCUT2D eigenvalue weighted by atomic mass is 9.79. The van der Waals surface area contributed by atoms with Crippen LogP contribution in [0, 0.1) is 17.6 Å². The lowest BCUT2D eigenvalue weighted by Gasteiger charge is -2.51. The molecule has 174 valence electrons. The van der Waals surface area contributed by atoms with Crippen molar-refractivity contribution in [3.05, 3.63) is 105 Å². The Balaban J connectivity index is 1.69. The molecule has 0 bridgehead atoms. The van der Waals surface area contributed by atoms with Gasteiger partial charge >= 0.3 is 0 Å². The number of sulfone groups is 1. The highest BCUT2D eigenvalue weighted by atomic mass is 35.5. The van der Waals surface area contributed by atoms with E-state index in [1.807, 2.05) is 48.5 Å². The summed E-state index contributed by atoms with van der Waals surface area (Å²) in [6.07, 6.45) is 1.12. The minimum absolute atomic E-state index is 0.127. The molecule has 0 N–H and O–H groups in total. The minimum atomic E-state index is -3.70. The molecule has 3 nitrogen and oxygen atoms in total. The standard InChI is InChI=1S/C25H23Cl2F2NO2S/c1-25(33(2,31)32,18-11-22(28)13-23(29)12-18)19-14-30(15-19)24(16-3-7-20(26)8-4-16)17-5-9-21(27)10-6-17/h3-13,19,24H,14-15H2,1-2H3. The first-order chi connectivity index (χ1) is 15.5. The molecule has 1 atom stereocenters. The lowest BCUT2D eigenvalue weighted by molar-refractivity contribution is 0.0439. The molecule has 0 saturated carbocycles. The van der Waals surface area contributed by atoms with E-state index in [1.54, 1.807) is 6.92 Å². The predicted molar refractivity (Wildman–Crippen MR) is 128 cm³/mol. The first-order valence-corrected chi connectivity index (χ1v) is 13.0. The first-order valence-electron chi connectivity index (χ1n) is 10.4. The van der Waals surface area contributed by atoms with E-state index in [-0.39, 0.29) is 17.5 Å². The van der Waals surface area contributed by atoms with E-state index in [2.05, 4.69) is 4.90 Å². The normalized spacial score (nSPS) is 17.1. The molecule has 0 aromatic heterocycles. The van der Waals surface area contributed by atoms with Crippen molar-refractivity contribution < 1.29 is 17.2 Å². The Kier molecular flexibility index (Phi) is 6.58. The van der Waals surface area contributed by atoms with Gasteiger partial charge in [-0.15, -0.1) is 0 Å². The number of hydrogen-bond donors (Lipinski definition) is 0. The second-order valence-corrected chi connectivity index (χ2v) is 12.0. The fraction of sp³-hybridized carbons (Fsp3) is 0.280. The largest absolute Gasteiger partial charge is 0.292 e. The molecule has 8 heteroatoms. The summed E-state index contributed by atoms with van der Waals surface area (Å²) in [6, 6.07) is 17.8. The minimum Gasteiger partial charge on any atom is -0.292 e. The van der Waals surface area contributed by atoms with Gasteiger partial charge in [-0.25, -0.2) is 17.2 Å². The van der Waals surface area contributed by atoms with Crippen molar-refractivity contribution in [2.75, 3.05) is 19.3 Å². The van der Waals surface area contributed by atoms with Crippen LogP contribution in [0.25, 0.3) is 0 Å². The third-order valence-corrected chi connectivity index (χ3v) is 9.24. The zero-order valence-electron chi connectivity index (χ0n) is 18.1. The summed E-state index contributed by atoms with van der Waals surface area (Å²) in [7, 11) is -3.70. The second-order valence-electron chi connectivity index (χ2n) is 8.69. The van der Waals surface area contributed by atoms with Crippen molar-refractivity contribution in [3.63, 3.8) is 0 Å². The highest BCUT2D eigenvalue weighted by molar-refractivity contribution is 7.91. The summed E-state index contributed by atoms with van der Waals surface area (Å²) in [5.41, 5.74) is 2.12. The van der Waals surface area contributed by atoms with Crippen LogP contribution in [0.15, 0.2) is 66.7 Å². The van der Waals surface area contributed by atoms with Gasteiger partial charge in [0.1, 0.15) is 11.6 Å². The quantitative estimate of drug-likeness (QED) is 0.393. The summed E-state index contributed by atoms with van der Waals surface area (Å²) in [5, 5.41) is 1.24. The molecular weight excluding hydrogens is 487 g/mol. The molecule has 0 radical (unpaired) electrons. The van der Waals surface area contributed by atoms with Gasteiger partial charge in [0.25, 0.3) is 0 Å². The van der Waals surface area contributed by atoms with Crippen LogP contribution in [0.2, 0.25) is 10.0 Å². The molecule has 3 aromatic rings. The van der Waals surface area contributed by atoms with Crippen molar-refractivity contribution in [3.8, 4) is 0 Å².